The molecule has 0 spiro atoms. The molecule has 4 atom stereocenters. The molecule has 2 aromatic carbocycles. The summed E-state index contributed by atoms with van der Waals surface area (Å²) in [7, 11) is 0. The quantitative estimate of drug-likeness (QED) is 0.154. The predicted octanol–water partition coefficient (Wildman–Crippen LogP) is 8.54. The fraction of sp³-hybridized carbons (Fsp3) is 0.647. The molecule has 2 fully saturated rings. The second-order valence-electron chi connectivity index (χ2n) is 11.7. The number of epoxide rings is 2. The van der Waals surface area contributed by atoms with Crippen LogP contribution in [0.4, 0.5) is 0 Å². The van der Waals surface area contributed by atoms with Gasteiger partial charge in [-0.3, -0.25) is 0 Å². The molecule has 0 bridgehead atoms. The van der Waals surface area contributed by atoms with Crippen LogP contribution < -0.4 is 9.47 Å². The molecule has 2 aliphatic rings. The summed E-state index contributed by atoms with van der Waals surface area (Å²) >= 11 is 0. The molecule has 0 amide bonds. The maximum absolute atomic E-state index is 6.29. The van der Waals surface area contributed by atoms with Gasteiger partial charge in [0.15, 0.2) is 0 Å². The summed E-state index contributed by atoms with van der Waals surface area (Å²) in [5, 5.41) is 0. The lowest BCUT2D eigenvalue weighted by Crippen LogP contribution is -2.11. The third-order valence-corrected chi connectivity index (χ3v) is 8.27. The molecule has 0 radical (unpaired) electrons. The number of aryl methyl sites for hydroxylation is 4. The zero-order chi connectivity index (χ0) is 27.1. The van der Waals surface area contributed by atoms with Crippen LogP contribution >= 0.6 is 0 Å². The monoisotopic (exact) mass is 522 g/mol. The van der Waals surface area contributed by atoms with Crippen LogP contribution in [0.1, 0.15) is 87.5 Å². The molecular weight excluding hydrogens is 472 g/mol. The minimum atomic E-state index is 0.502. The zero-order valence-corrected chi connectivity index (χ0v) is 24.7. The molecule has 2 heterocycles. The van der Waals surface area contributed by atoms with E-state index in [2.05, 4.69) is 65.8 Å². The number of hydrogen-bond acceptors (Lipinski definition) is 4. The molecule has 4 unspecified atom stereocenters. The highest BCUT2D eigenvalue weighted by Gasteiger charge is 2.32. The van der Waals surface area contributed by atoms with Crippen LogP contribution in [0.3, 0.4) is 0 Å². The van der Waals surface area contributed by atoms with Gasteiger partial charge in [-0.1, -0.05) is 26.7 Å². The van der Waals surface area contributed by atoms with Gasteiger partial charge in [-0.2, -0.15) is 0 Å². The largest absolute Gasteiger partial charge is 0.493 e. The summed E-state index contributed by atoms with van der Waals surface area (Å²) in [5.74, 6) is 3.47. The first-order valence-electron chi connectivity index (χ1n) is 15.1. The molecule has 2 saturated heterocycles. The van der Waals surface area contributed by atoms with E-state index in [0.29, 0.717) is 24.0 Å². The first kappa shape index (κ1) is 29.0. The fourth-order valence-corrected chi connectivity index (χ4v) is 6.16. The third kappa shape index (κ3) is 7.99. The summed E-state index contributed by atoms with van der Waals surface area (Å²) in [5.41, 5.74) is 7.29. The van der Waals surface area contributed by atoms with Gasteiger partial charge in [0, 0.05) is 0 Å². The predicted molar refractivity (Wildman–Crippen MR) is 157 cm³/mol. The minimum Gasteiger partial charge on any atom is -0.493 e. The SMILES string of the molecule is CCCC(CCCOc1c(C)cc(-c2cc(C)c(OCCCC(CCC)C3CO3)c(C)c2)cc1C)C1CO1. The Balaban J connectivity index is 1.32. The van der Waals surface area contributed by atoms with Gasteiger partial charge in [-0.15, -0.1) is 0 Å². The molecular formula is C34H50O4. The Kier molecular flexibility index (Phi) is 10.6. The van der Waals surface area contributed by atoms with E-state index in [1.165, 1.54) is 71.9 Å². The highest BCUT2D eigenvalue weighted by Crippen LogP contribution is 2.35. The van der Waals surface area contributed by atoms with Crippen molar-refractivity contribution in [1.82, 2.24) is 0 Å². The van der Waals surface area contributed by atoms with E-state index in [1.807, 2.05) is 0 Å². The van der Waals surface area contributed by atoms with Crippen molar-refractivity contribution in [3.8, 4) is 22.6 Å². The standard InChI is InChI=1S/C34H50O4/c1-7-11-27(31-21-37-31)13-9-15-35-33-23(3)17-29(18-24(33)4)30-19-25(5)34(26(6)20-30)36-16-10-14-28(12-8-2)32-22-38-32/h17-20,27-28,31-32H,7-16,21-22H2,1-6H3. The maximum Gasteiger partial charge on any atom is 0.125 e. The normalized spacial score (nSPS) is 19.7. The van der Waals surface area contributed by atoms with Gasteiger partial charge in [0.2, 0.25) is 0 Å². The summed E-state index contributed by atoms with van der Waals surface area (Å²) < 4.78 is 23.7. The van der Waals surface area contributed by atoms with Gasteiger partial charge >= 0.3 is 0 Å². The van der Waals surface area contributed by atoms with Gasteiger partial charge in [0.05, 0.1) is 38.6 Å². The maximum atomic E-state index is 6.29. The van der Waals surface area contributed by atoms with Crippen molar-refractivity contribution in [2.75, 3.05) is 26.4 Å². The van der Waals surface area contributed by atoms with Crippen molar-refractivity contribution >= 4 is 0 Å². The van der Waals surface area contributed by atoms with Crippen molar-refractivity contribution in [2.24, 2.45) is 11.8 Å². The second kappa shape index (κ2) is 13.8. The van der Waals surface area contributed by atoms with Crippen LogP contribution in [0.5, 0.6) is 11.5 Å². The van der Waals surface area contributed by atoms with Crippen LogP contribution in [0.15, 0.2) is 24.3 Å². The van der Waals surface area contributed by atoms with Crippen molar-refractivity contribution in [1.29, 1.82) is 0 Å². The zero-order valence-electron chi connectivity index (χ0n) is 24.7. The molecule has 0 aromatic heterocycles. The average Bonchev–Trinajstić information content (AvgIpc) is 3.79. The Hall–Kier alpha value is -2.04. The van der Waals surface area contributed by atoms with E-state index >= 15 is 0 Å². The molecule has 210 valence electrons. The summed E-state index contributed by atoms with van der Waals surface area (Å²) in [6, 6.07) is 9.07. The number of benzene rings is 2. The molecule has 0 saturated carbocycles. The lowest BCUT2D eigenvalue weighted by molar-refractivity contribution is 0.257. The van der Waals surface area contributed by atoms with Crippen molar-refractivity contribution in [3.63, 3.8) is 0 Å². The molecule has 2 aromatic rings. The molecule has 2 aliphatic heterocycles. The topological polar surface area (TPSA) is 43.5 Å². The van der Waals surface area contributed by atoms with Crippen LogP contribution in [-0.4, -0.2) is 38.6 Å². The Labute approximate surface area is 231 Å². The van der Waals surface area contributed by atoms with E-state index in [1.54, 1.807) is 0 Å². The Morgan fingerprint density at radius 2 is 0.974 bits per heavy atom. The summed E-state index contributed by atoms with van der Waals surface area (Å²) in [6.45, 7) is 16.6. The lowest BCUT2D eigenvalue weighted by atomic mass is 9.95. The van der Waals surface area contributed by atoms with Crippen LogP contribution in [0.2, 0.25) is 0 Å². The van der Waals surface area contributed by atoms with Gasteiger partial charge in [-0.25, -0.2) is 0 Å². The summed E-state index contributed by atoms with van der Waals surface area (Å²) in [4.78, 5) is 0. The van der Waals surface area contributed by atoms with E-state index in [-0.39, 0.29) is 0 Å². The second-order valence-corrected chi connectivity index (χ2v) is 11.7. The van der Waals surface area contributed by atoms with E-state index in [0.717, 1.165) is 50.8 Å². The molecule has 38 heavy (non-hydrogen) atoms. The van der Waals surface area contributed by atoms with E-state index in [4.69, 9.17) is 18.9 Å². The highest BCUT2D eigenvalue weighted by atomic mass is 16.6. The van der Waals surface area contributed by atoms with Gasteiger partial charge in [0.25, 0.3) is 0 Å². The smallest absolute Gasteiger partial charge is 0.125 e. The molecule has 4 rings (SSSR count). The van der Waals surface area contributed by atoms with E-state index in [9.17, 15) is 0 Å². The number of hydrogen-bond donors (Lipinski definition) is 0. The van der Waals surface area contributed by atoms with Crippen molar-refractivity contribution in [2.45, 2.75) is 105 Å². The number of ether oxygens (including phenoxy) is 4. The average molecular weight is 523 g/mol. The molecule has 4 heteroatoms. The van der Waals surface area contributed by atoms with Crippen LogP contribution in [0, 0.1) is 39.5 Å². The summed E-state index contributed by atoms with van der Waals surface area (Å²) in [6.07, 6.45) is 10.5. The number of rotatable bonds is 17. The highest BCUT2D eigenvalue weighted by molar-refractivity contribution is 5.70. The molecule has 0 aliphatic carbocycles. The first-order chi connectivity index (χ1) is 18.4. The molecule has 0 N–H and O–H groups in total. The van der Waals surface area contributed by atoms with Gasteiger partial charge < -0.3 is 18.9 Å². The Bertz CT molecular complexity index is 907. The van der Waals surface area contributed by atoms with Gasteiger partial charge in [-0.05, 0) is 136 Å². The Morgan fingerprint density at radius 1 is 0.632 bits per heavy atom. The van der Waals surface area contributed by atoms with E-state index < -0.39 is 0 Å². The fourth-order valence-electron chi connectivity index (χ4n) is 6.16. The first-order valence-corrected chi connectivity index (χ1v) is 15.1. The van der Waals surface area contributed by atoms with Crippen LogP contribution in [-0.2, 0) is 9.47 Å². The third-order valence-electron chi connectivity index (χ3n) is 8.27. The minimum absolute atomic E-state index is 0.502. The van der Waals surface area contributed by atoms with Gasteiger partial charge in [0.1, 0.15) is 11.5 Å². The lowest BCUT2D eigenvalue weighted by Gasteiger charge is -2.18. The molecule has 4 nitrogen and oxygen atoms in total. The van der Waals surface area contributed by atoms with Crippen molar-refractivity contribution in [3.05, 3.63) is 46.5 Å². The van der Waals surface area contributed by atoms with Crippen LogP contribution in [0.25, 0.3) is 11.1 Å². The van der Waals surface area contributed by atoms with Crippen molar-refractivity contribution < 1.29 is 18.9 Å². The Morgan fingerprint density at radius 3 is 1.26 bits per heavy atom.